The van der Waals surface area contributed by atoms with E-state index >= 15 is 0 Å². The molecule has 30 heavy (non-hydrogen) atoms. The normalized spacial score (nSPS) is 11.2. The van der Waals surface area contributed by atoms with Crippen LogP contribution in [0.5, 0.6) is 0 Å². The Balaban J connectivity index is 1.78. The largest absolute Gasteiger partial charge is 0.435 e. The SMILES string of the molecule is N#Cc1ccc(CC(=O)NCc2cc(C(F)(F)F)nn2-c2cccc(Cl)c2)cc1F. The highest BCUT2D eigenvalue weighted by atomic mass is 35.5. The van der Waals surface area contributed by atoms with Gasteiger partial charge in [-0.2, -0.15) is 23.5 Å². The van der Waals surface area contributed by atoms with E-state index in [-0.39, 0.29) is 24.2 Å². The van der Waals surface area contributed by atoms with E-state index in [4.69, 9.17) is 16.9 Å². The van der Waals surface area contributed by atoms with Crippen molar-refractivity contribution in [2.45, 2.75) is 19.1 Å². The van der Waals surface area contributed by atoms with Crippen LogP contribution >= 0.6 is 11.6 Å². The summed E-state index contributed by atoms with van der Waals surface area (Å²) in [5.41, 5.74) is -0.547. The molecule has 0 aliphatic rings. The Morgan fingerprint density at radius 2 is 1.97 bits per heavy atom. The maximum absolute atomic E-state index is 13.7. The highest BCUT2D eigenvalue weighted by Gasteiger charge is 2.35. The van der Waals surface area contributed by atoms with Gasteiger partial charge in [0.15, 0.2) is 5.69 Å². The van der Waals surface area contributed by atoms with Crippen LogP contribution in [0, 0.1) is 17.1 Å². The molecule has 0 atom stereocenters. The van der Waals surface area contributed by atoms with E-state index in [9.17, 15) is 22.4 Å². The van der Waals surface area contributed by atoms with Crippen molar-refractivity contribution in [1.29, 1.82) is 5.26 Å². The number of alkyl halides is 3. The molecule has 154 valence electrons. The zero-order chi connectivity index (χ0) is 21.9. The Morgan fingerprint density at radius 1 is 1.20 bits per heavy atom. The van der Waals surface area contributed by atoms with Crippen molar-refractivity contribution in [2.24, 2.45) is 0 Å². The number of hydrogen-bond acceptors (Lipinski definition) is 3. The first-order chi connectivity index (χ1) is 14.2. The molecule has 0 saturated carbocycles. The number of benzene rings is 2. The maximum Gasteiger partial charge on any atom is 0.435 e. The zero-order valence-electron chi connectivity index (χ0n) is 15.2. The molecule has 5 nitrogen and oxygen atoms in total. The molecule has 0 saturated heterocycles. The monoisotopic (exact) mass is 436 g/mol. The van der Waals surface area contributed by atoms with Crippen molar-refractivity contribution in [2.75, 3.05) is 0 Å². The summed E-state index contributed by atoms with van der Waals surface area (Å²) >= 11 is 5.91. The number of rotatable bonds is 5. The average molecular weight is 437 g/mol. The van der Waals surface area contributed by atoms with E-state index in [2.05, 4.69) is 10.4 Å². The molecule has 0 bridgehead atoms. The molecule has 3 rings (SSSR count). The minimum absolute atomic E-state index is 0.0870. The Kier molecular flexibility index (Phi) is 6.08. The molecule has 10 heteroatoms. The van der Waals surface area contributed by atoms with Crippen LogP contribution < -0.4 is 5.32 Å². The molecule has 2 aromatic carbocycles. The summed E-state index contributed by atoms with van der Waals surface area (Å²) in [5, 5.41) is 15.1. The highest BCUT2D eigenvalue weighted by molar-refractivity contribution is 6.30. The summed E-state index contributed by atoms with van der Waals surface area (Å²) in [6.45, 7) is -0.243. The van der Waals surface area contributed by atoms with Crippen LogP contribution in [-0.4, -0.2) is 15.7 Å². The first-order valence-electron chi connectivity index (χ1n) is 8.54. The van der Waals surface area contributed by atoms with Crippen molar-refractivity contribution in [3.8, 4) is 11.8 Å². The summed E-state index contributed by atoms with van der Waals surface area (Å²) in [7, 11) is 0. The third-order valence-electron chi connectivity index (χ3n) is 4.11. The molecule has 1 heterocycles. The number of nitriles is 1. The molecule has 0 aliphatic carbocycles. The molecule has 0 aliphatic heterocycles. The van der Waals surface area contributed by atoms with E-state index in [0.29, 0.717) is 16.3 Å². The molecular formula is C20H13ClF4N4O. The van der Waals surface area contributed by atoms with Crippen LogP contribution in [0.3, 0.4) is 0 Å². The summed E-state index contributed by atoms with van der Waals surface area (Å²) < 4.78 is 54.1. The molecular weight excluding hydrogens is 424 g/mol. The number of nitrogens with zero attached hydrogens (tertiary/aromatic N) is 3. The molecule has 0 spiro atoms. The lowest BCUT2D eigenvalue weighted by Gasteiger charge is -2.09. The van der Waals surface area contributed by atoms with Crippen molar-refractivity contribution >= 4 is 17.5 Å². The van der Waals surface area contributed by atoms with Crippen LogP contribution in [0.1, 0.15) is 22.5 Å². The van der Waals surface area contributed by atoms with Crippen LogP contribution in [0.15, 0.2) is 48.5 Å². The standard InChI is InChI=1S/C20H13ClF4N4O/c21-14-2-1-3-15(8-14)29-16(9-18(28-29)20(23,24)25)11-27-19(30)7-12-4-5-13(10-26)17(22)6-12/h1-6,8-9H,7,11H2,(H,27,30). The van der Waals surface area contributed by atoms with Crippen LogP contribution in [0.4, 0.5) is 17.6 Å². The summed E-state index contributed by atoms with van der Waals surface area (Å²) in [4.78, 5) is 12.2. The first-order valence-corrected chi connectivity index (χ1v) is 8.92. The Labute approximate surface area is 173 Å². The molecule has 3 aromatic rings. The number of aromatic nitrogens is 2. The zero-order valence-corrected chi connectivity index (χ0v) is 15.9. The molecule has 1 N–H and O–H groups in total. The fourth-order valence-electron chi connectivity index (χ4n) is 2.71. The third-order valence-corrected chi connectivity index (χ3v) is 4.35. The van der Waals surface area contributed by atoms with Gasteiger partial charge >= 0.3 is 6.18 Å². The fraction of sp³-hybridized carbons (Fsp3) is 0.150. The molecule has 0 fully saturated rings. The molecule has 0 unspecified atom stereocenters. The number of carbonyl (C=O) groups is 1. The van der Waals surface area contributed by atoms with Crippen LogP contribution in [0.25, 0.3) is 5.69 Å². The second kappa shape index (κ2) is 8.55. The topological polar surface area (TPSA) is 70.7 Å². The predicted molar refractivity (Wildman–Crippen MR) is 100 cm³/mol. The van der Waals surface area contributed by atoms with Gasteiger partial charge in [0, 0.05) is 5.02 Å². The second-order valence-corrected chi connectivity index (χ2v) is 6.73. The van der Waals surface area contributed by atoms with Crippen LogP contribution in [-0.2, 0) is 23.9 Å². The van der Waals surface area contributed by atoms with Gasteiger partial charge in [-0.15, -0.1) is 0 Å². The van der Waals surface area contributed by atoms with E-state index < -0.39 is 23.6 Å². The smallest absolute Gasteiger partial charge is 0.350 e. The van der Waals surface area contributed by atoms with Gasteiger partial charge in [-0.05, 0) is 42.0 Å². The van der Waals surface area contributed by atoms with Crippen LogP contribution in [0.2, 0.25) is 5.02 Å². The van der Waals surface area contributed by atoms with Crippen molar-refractivity contribution < 1.29 is 22.4 Å². The van der Waals surface area contributed by atoms with Gasteiger partial charge in [-0.25, -0.2) is 9.07 Å². The quantitative estimate of drug-likeness (QED) is 0.602. The van der Waals surface area contributed by atoms with Crippen molar-refractivity contribution in [1.82, 2.24) is 15.1 Å². The van der Waals surface area contributed by atoms with Gasteiger partial charge < -0.3 is 5.32 Å². The molecule has 0 radical (unpaired) electrons. The van der Waals surface area contributed by atoms with Gasteiger partial charge in [0.2, 0.25) is 5.91 Å². The number of carbonyl (C=O) groups excluding carboxylic acids is 1. The van der Waals surface area contributed by atoms with E-state index in [1.165, 1.54) is 24.3 Å². The minimum atomic E-state index is -4.66. The molecule has 1 aromatic heterocycles. The summed E-state index contributed by atoms with van der Waals surface area (Å²) in [5.74, 6) is -1.29. The Hall–Kier alpha value is -3.38. The van der Waals surface area contributed by atoms with Gasteiger partial charge in [0.1, 0.15) is 11.9 Å². The summed E-state index contributed by atoms with van der Waals surface area (Å²) in [6, 6.07) is 12.4. The number of halogens is 5. The van der Waals surface area contributed by atoms with E-state index in [1.54, 1.807) is 18.2 Å². The lowest BCUT2D eigenvalue weighted by atomic mass is 10.1. The molecule has 1 amide bonds. The second-order valence-electron chi connectivity index (χ2n) is 6.29. The fourth-order valence-corrected chi connectivity index (χ4v) is 2.90. The van der Waals surface area contributed by atoms with Crippen molar-refractivity contribution in [3.63, 3.8) is 0 Å². The van der Waals surface area contributed by atoms with Gasteiger partial charge in [0.05, 0.1) is 29.9 Å². The van der Waals surface area contributed by atoms with E-state index in [1.807, 2.05) is 0 Å². The number of amides is 1. The maximum atomic E-state index is 13.7. The van der Waals surface area contributed by atoms with Crippen molar-refractivity contribution in [3.05, 3.63) is 81.9 Å². The Morgan fingerprint density at radius 3 is 2.60 bits per heavy atom. The Bertz CT molecular complexity index is 1130. The van der Waals surface area contributed by atoms with Gasteiger partial charge in [-0.1, -0.05) is 23.7 Å². The van der Waals surface area contributed by atoms with Gasteiger partial charge in [0.25, 0.3) is 0 Å². The predicted octanol–water partition coefficient (Wildman–Crippen LogP) is 4.41. The number of hydrogen-bond donors (Lipinski definition) is 1. The first kappa shape index (κ1) is 21.3. The average Bonchev–Trinajstić information content (AvgIpc) is 3.11. The lowest BCUT2D eigenvalue weighted by molar-refractivity contribution is -0.141. The van der Waals surface area contributed by atoms with E-state index in [0.717, 1.165) is 16.8 Å². The minimum Gasteiger partial charge on any atom is -0.350 e. The highest BCUT2D eigenvalue weighted by Crippen LogP contribution is 2.30. The summed E-state index contributed by atoms with van der Waals surface area (Å²) in [6.07, 6.45) is -4.87. The lowest BCUT2D eigenvalue weighted by Crippen LogP contribution is -2.25. The third kappa shape index (κ3) is 4.96. The van der Waals surface area contributed by atoms with Gasteiger partial charge in [-0.3, -0.25) is 4.79 Å². The number of nitrogens with one attached hydrogen (secondary N) is 1.